The predicted molar refractivity (Wildman–Crippen MR) is 58.3 cm³/mol. The van der Waals surface area contributed by atoms with Gasteiger partial charge in [0.1, 0.15) is 0 Å². The fourth-order valence-corrected chi connectivity index (χ4v) is 1.63. The Morgan fingerprint density at radius 2 is 2.07 bits per heavy atom. The van der Waals surface area contributed by atoms with E-state index in [4.69, 9.17) is 4.42 Å². The molecule has 0 aromatic carbocycles. The minimum Gasteiger partial charge on any atom is -0.472 e. The lowest BCUT2D eigenvalue weighted by Crippen LogP contribution is -2.48. The van der Waals surface area contributed by atoms with Gasteiger partial charge in [0, 0.05) is 11.1 Å². The lowest BCUT2D eigenvalue weighted by molar-refractivity contribution is 0.142. The largest absolute Gasteiger partial charge is 0.472 e. The molecule has 0 aliphatic carbocycles. The number of furan rings is 1. The molecule has 0 spiro atoms. The van der Waals surface area contributed by atoms with Gasteiger partial charge in [-0.3, -0.25) is 0 Å². The molecule has 14 heavy (non-hydrogen) atoms. The van der Waals surface area contributed by atoms with Gasteiger partial charge in [0.2, 0.25) is 0 Å². The van der Waals surface area contributed by atoms with E-state index in [1.165, 1.54) is 5.56 Å². The molecule has 3 nitrogen and oxygen atoms in total. The highest BCUT2D eigenvalue weighted by molar-refractivity contribution is 5.16. The van der Waals surface area contributed by atoms with Crippen LogP contribution in [-0.2, 0) is 0 Å². The van der Waals surface area contributed by atoms with Crippen LogP contribution < -0.4 is 5.32 Å². The lowest BCUT2D eigenvalue weighted by atomic mass is 9.89. The molecule has 0 saturated heterocycles. The van der Waals surface area contributed by atoms with Gasteiger partial charge in [0.15, 0.2) is 0 Å². The number of hydrogen-bond donors (Lipinski definition) is 1. The van der Waals surface area contributed by atoms with Crippen LogP contribution in [-0.4, -0.2) is 31.6 Å². The van der Waals surface area contributed by atoms with E-state index in [9.17, 15) is 0 Å². The quantitative estimate of drug-likeness (QED) is 0.797. The van der Waals surface area contributed by atoms with Crippen LogP contribution >= 0.6 is 0 Å². The van der Waals surface area contributed by atoms with E-state index >= 15 is 0 Å². The van der Waals surface area contributed by atoms with E-state index in [0.29, 0.717) is 0 Å². The van der Waals surface area contributed by atoms with E-state index in [-0.39, 0.29) is 11.6 Å². The SMILES string of the molecule is CNC(c1ccoc1)C(C)(C)N(C)C. The second-order valence-corrected chi connectivity index (χ2v) is 4.33. The molecular weight excluding hydrogens is 176 g/mol. The Kier molecular flexibility index (Phi) is 3.34. The van der Waals surface area contributed by atoms with E-state index in [2.05, 4.69) is 38.2 Å². The Labute approximate surface area is 86.1 Å². The van der Waals surface area contributed by atoms with Crippen molar-refractivity contribution >= 4 is 0 Å². The fourth-order valence-electron chi connectivity index (χ4n) is 1.63. The zero-order valence-corrected chi connectivity index (χ0v) is 9.66. The molecule has 0 bridgehead atoms. The van der Waals surface area contributed by atoms with Crippen LogP contribution in [0.1, 0.15) is 25.5 Å². The number of rotatable bonds is 4. The first-order chi connectivity index (χ1) is 6.50. The first-order valence-electron chi connectivity index (χ1n) is 4.87. The summed E-state index contributed by atoms with van der Waals surface area (Å²) in [6.07, 6.45) is 3.51. The molecule has 0 fully saturated rings. The van der Waals surface area contributed by atoms with Crippen LogP contribution in [0.5, 0.6) is 0 Å². The van der Waals surface area contributed by atoms with Crippen LogP contribution in [0.2, 0.25) is 0 Å². The molecule has 1 aromatic rings. The van der Waals surface area contributed by atoms with Crippen molar-refractivity contribution in [3.05, 3.63) is 24.2 Å². The third-order valence-electron chi connectivity index (χ3n) is 3.02. The minimum atomic E-state index is 0.0542. The maximum atomic E-state index is 5.11. The van der Waals surface area contributed by atoms with Gasteiger partial charge in [0.25, 0.3) is 0 Å². The predicted octanol–water partition coefficient (Wildman–Crippen LogP) is 1.88. The summed E-state index contributed by atoms with van der Waals surface area (Å²) in [5.41, 5.74) is 1.24. The Bertz CT molecular complexity index is 265. The average molecular weight is 196 g/mol. The van der Waals surface area contributed by atoms with Crippen LogP contribution in [0.3, 0.4) is 0 Å². The highest BCUT2D eigenvalue weighted by Gasteiger charge is 2.32. The molecule has 1 N–H and O–H groups in total. The Balaban J connectivity index is 2.92. The topological polar surface area (TPSA) is 28.4 Å². The first-order valence-corrected chi connectivity index (χ1v) is 4.87. The van der Waals surface area contributed by atoms with Gasteiger partial charge >= 0.3 is 0 Å². The summed E-state index contributed by atoms with van der Waals surface area (Å²) in [6, 6.07) is 2.28. The molecular formula is C11H20N2O. The highest BCUT2D eigenvalue weighted by atomic mass is 16.3. The second-order valence-electron chi connectivity index (χ2n) is 4.33. The van der Waals surface area contributed by atoms with Gasteiger partial charge in [-0.25, -0.2) is 0 Å². The molecule has 1 atom stereocenters. The standard InChI is InChI=1S/C11H20N2O/c1-11(2,13(4)5)10(12-3)9-6-7-14-8-9/h6-8,10,12H,1-5H3. The Morgan fingerprint density at radius 3 is 2.43 bits per heavy atom. The van der Waals surface area contributed by atoms with E-state index < -0.39 is 0 Å². The smallest absolute Gasteiger partial charge is 0.0951 e. The average Bonchev–Trinajstić information content (AvgIpc) is 2.57. The molecule has 0 aliphatic rings. The van der Waals surface area contributed by atoms with Gasteiger partial charge in [-0.1, -0.05) is 0 Å². The molecule has 3 heteroatoms. The summed E-state index contributed by atoms with van der Waals surface area (Å²) in [7, 11) is 6.15. The zero-order chi connectivity index (χ0) is 10.8. The van der Waals surface area contributed by atoms with Crippen molar-refractivity contribution in [1.29, 1.82) is 0 Å². The molecule has 0 radical (unpaired) electrons. The summed E-state index contributed by atoms with van der Waals surface area (Å²) < 4.78 is 5.11. The third kappa shape index (κ3) is 1.99. The van der Waals surface area contributed by atoms with Crippen molar-refractivity contribution in [2.75, 3.05) is 21.1 Å². The summed E-state index contributed by atoms with van der Waals surface area (Å²) in [5, 5.41) is 3.32. The zero-order valence-electron chi connectivity index (χ0n) is 9.66. The Morgan fingerprint density at radius 1 is 1.43 bits per heavy atom. The van der Waals surface area contributed by atoms with Gasteiger partial charge in [-0.05, 0) is 41.1 Å². The van der Waals surface area contributed by atoms with Crippen molar-refractivity contribution in [2.24, 2.45) is 0 Å². The van der Waals surface area contributed by atoms with Crippen LogP contribution in [0, 0.1) is 0 Å². The normalized spacial score (nSPS) is 14.7. The maximum Gasteiger partial charge on any atom is 0.0951 e. The minimum absolute atomic E-state index is 0.0542. The van der Waals surface area contributed by atoms with Gasteiger partial charge in [0.05, 0.1) is 18.6 Å². The van der Waals surface area contributed by atoms with Gasteiger partial charge < -0.3 is 14.6 Å². The number of hydrogen-bond acceptors (Lipinski definition) is 3. The highest BCUT2D eigenvalue weighted by Crippen LogP contribution is 2.29. The molecule has 1 unspecified atom stereocenters. The lowest BCUT2D eigenvalue weighted by Gasteiger charge is -2.39. The number of nitrogens with one attached hydrogen (secondary N) is 1. The molecule has 1 heterocycles. The molecule has 0 aliphatic heterocycles. The third-order valence-corrected chi connectivity index (χ3v) is 3.02. The van der Waals surface area contributed by atoms with Gasteiger partial charge in [-0.2, -0.15) is 0 Å². The molecule has 1 aromatic heterocycles. The van der Waals surface area contributed by atoms with Crippen molar-refractivity contribution < 1.29 is 4.42 Å². The second kappa shape index (κ2) is 4.15. The molecule has 1 rings (SSSR count). The summed E-state index contributed by atoms with van der Waals surface area (Å²) >= 11 is 0. The van der Waals surface area contributed by atoms with Gasteiger partial charge in [-0.15, -0.1) is 0 Å². The summed E-state index contributed by atoms with van der Waals surface area (Å²) in [6.45, 7) is 4.42. The first kappa shape index (κ1) is 11.3. The van der Waals surface area contributed by atoms with Crippen molar-refractivity contribution in [3.63, 3.8) is 0 Å². The fraction of sp³-hybridized carbons (Fsp3) is 0.636. The van der Waals surface area contributed by atoms with Crippen LogP contribution in [0.4, 0.5) is 0 Å². The summed E-state index contributed by atoms with van der Waals surface area (Å²) in [4.78, 5) is 2.21. The Hall–Kier alpha value is -0.800. The van der Waals surface area contributed by atoms with Crippen LogP contribution in [0.25, 0.3) is 0 Å². The van der Waals surface area contributed by atoms with E-state index in [0.717, 1.165) is 0 Å². The monoisotopic (exact) mass is 196 g/mol. The van der Waals surface area contributed by atoms with Crippen molar-refractivity contribution in [1.82, 2.24) is 10.2 Å². The molecule has 80 valence electrons. The molecule has 0 saturated carbocycles. The van der Waals surface area contributed by atoms with E-state index in [1.807, 2.05) is 13.1 Å². The number of nitrogens with zero attached hydrogens (tertiary/aromatic N) is 1. The van der Waals surface area contributed by atoms with Crippen molar-refractivity contribution in [3.8, 4) is 0 Å². The summed E-state index contributed by atoms with van der Waals surface area (Å²) in [5.74, 6) is 0. The number of likely N-dealkylation sites (N-methyl/N-ethyl adjacent to an activating group) is 2. The van der Waals surface area contributed by atoms with E-state index in [1.54, 1.807) is 12.5 Å². The van der Waals surface area contributed by atoms with Crippen molar-refractivity contribution in [2.45, 2.75) is 25.4 Å². The molecule has 0 amide bonds. The maximum absolute atomic E-state index is 5.11. The van der Waals surface area contributed by atoms with Crippen LogP contribution in [0.15, 0.2) is 23.0 Å².